The Balaban J connectivity index is 2.07. The predicted octanol–water partition coefficient (Wildman–Crippen LogP) is 2.40. The number of aromatic hydroxyl groups is 1. The summed E-state index contributed by atoms with van der Waals surface area (Å²) in [5.41, 5.74) is 1.05. The zero-order chi connectivity index (χ0) is 26.0. The third kappa shape index (κ3) is 8.29. The number of nitrogens with one attached hydrogen (secondary N) is 2. The van der Waals surface area contributed by atoms with Crippen molar-refractivity contribution >= 4 is 17.8 Å². The lowest BCUT2D eigenvalue weighted by Gasteiger charge is -2.28. The number of phenols is 1. The minimum atomic E-state index is -1.15. The molecule has 0 bridgehead atoms. The van der Waals surface area contributed by atoms with E-state index in [0.717, 1.165) is 5.56 Å². The normalized spacial score (nSPS) is 12.9. The first-order chi connectivity index (χ1) is 16.6. The zero-order valence-corrected chi connectivity index (χ0v) is 20.5. The number of rotatable bonds is 13. The molecular formula is C26H34N2O7. The number of carbonyl (C=O) groups excluding carboxylic acids is 2. The number of esters is 1. The Kier molecular flexibility index (Phi) is 10.1. The van der Waals surface area contributed by atoms with Gasteiger partial charge in [0, 0.05) is 12.5 Å². The average Bonchev–Trinajstić information content (AvgIpc) is 2.82. The summed E-state index contributed by atoms with van der Waals surface area (Å²) in [6.07, 6.45) is 0.253. The predicted molar refractivity (Wildman–Crippen MR) is 130 cm³/mol. The molecule has 0 spiro atoms. The van der Waals surface area contributed by atoms with Crippen molar-refractivity contribution in [1.29, 1.82) is 0 Å². The molecule has 0 saturated carbocycles. The highest BCUT2D eigenvalue weighted by molar-refractivity contribution is 5.90. The molecule has 0 fully saturated rings. The summed E-state index contributed by atoms with van der Waals surface area (Å²) in [5.74, 6) is -1.75. The fourth-order valence-corrected chi connectivity index (χ4v) is 3.79. The van der Waals surface area contributed by atoms with Gasteiger partial charge in [0.25, 0.3) is 0 Å². The fourth-order valence-electron chi connectivity index (χ4n) is 3.79. The van der Waals surface area contributed by atoms with Crippen LogP contribution in [0, 0.1) is 0 Å². The second-order valence-electron chi connectivity index (χ2n) is 8.90. The molecule has 2 aromatic carbocycles. The molecule has 9 nitrogen and oxygen atoms in total. The van der Waals surface area contributed by atoms with Gasteiger partial charge in [0.1, 0.15) is 17.5 Å². The van der Waals surface area contributed by atoms with E-state index in [9.17, 15) is 24.6 Å². The van der Waals surface area contributed by atoms with Crippen molar-refractivity contribution in [3.8, 4) is 11.5 Å². The molecule has 0 unspecified atom stereocenters. The van der Waals surface area contributed by atoms with E-state index in [1.807, 2.05) is 44.2 Å². The van der Waals surface area contributed by atoms with Gasteiger partial charge in [-0.25, -0.2) is 4.79 Å². The summed E-state index contributed by atoms with van der Waals surface area (Å²) < 4.78 is 9.95. The van der Waals surface area contributed by atoms with Gasteiger partial charge in [-0.1, -0.05) is 50.2 Å². The molecule has 190 valence electrons. The van der Waals surface area contributed by atoms with Crippen LogP contribution in [0.25, 0.3) is 0 Å². The van der Waals surface area contributed by atoms with E-state index in [-0.39, 0.29) is 12.2 Å². The SMILES string of the molecule is COC(=O)[C@H](Cc1ccccc1)NC(=O)[C@H](CC(=O)O)NCCC(C)(C)c1ccc(OC)cc1O. The maximum absolute atomic E-state index is 13.0. The molecule has 0 radical (unpaired) electrons. The molecule has 0 aliphatic rings. The lowest BCUT2D eigenvalue weighted by Crippen LogP contribution is -2.52. The van der Waals surface area contributed by atoms with E-state index in [1.54, 1.807) is 12.1 Å². The molecule has 2 rings (SSSR count). The highest BCUT2D eigenvalue weighted by Crippen LogP contribution is 2.35. The largest absolute Gasteiger partial charge is 0.508 e. The van der Waals surface area contributed by atoms with Crippen LogP contribution < -0.4 is 15.4 Å². The smallest absolute Gasteiger partial charge is 0.328 e. The summed E-state index contributed by atoms with van der Waals surface area (Å²) in [5, 5.41) is 25.3. The minimum Gasteiger partial charge on any atom is -0.508 e. The van der Waals surface area contributed by atoms with E-state index in [4.69, 9.17) is 9.47 Å². The quantitative estimate of drug-likeness (QED) is 0.317. The second kappa shape index (κ2) is 12.8. The number of methoxy groups -OCH3 is 2. The van der Waals surface area contributed by atoms with Crippen LogP contribution in [0.1, 0.15) is 37.8 Å². The summed E-state index contributed by atoms with van der Waals surface area (Å²) in [6, 6.07) is 12.2. The number of aliphatic carboxylic acids is 1. The van der Waals surface area contributed by atoms with Gasteiger partial charge in [0.05, 0.1) is 26.7 Å². The van der Waals surface area contributed by atoms with Crippen LogP contribution in [-0.4, -0.2) is 60.9 Å². The molecule has 0 aliphatic carbocycles. The number of amides is 1. The molecule has 35 heavy (non-hydrogen) atoms. The highest BCUT2D eigenvalue weighted by atomic mass is 16.5. The molecule has 9 heteroatoms. The fraction of sp³-hybridized carbons (Fsp3) is 0.423. The van der Waals surface area contributed by atoms with Crippen LogP contribution in [0.4, 0.5) is 0 Å². The Morgan fingerprint density at radius 3 is 2.29 bits per heavy atom. The summed E-state index contributed by atoms with van der Waals surface area (Å²) in [4.78, 5) is 36.6. The number of carboxylic acids is 1. The summed E-state index contributed by atoms with van der Waals surface area (Å²) in [6.45, 7) is 4.18. The van der Waals surface area contributed by atoms with Gasteiger partial charge in [-0.3, -0.25) is 9.59 Å². The minimum absolute atomic E-state index is 0.0935. The Bertz CT molecular complexity index is 1010. The van der Waals surface area contributed by atoms with Crippen molar-refractivity contribution in [3.05, 3.63) is 59.7 Å². The number of carboxylic acid groups (broad SMARTS) is 1. The van der Waals surface area contributed by atoms with E-state index in [0.29, 0.717) is 24.3 Å². The Morgan fingerprint density at radius 2 is 1.71 bits per heavy atom. The van der Waals surface area contributed by atoms with Crippen molar-refractivity contribution < 1.29 is 34.1 Å². The van der Waals surface area contributed by atoms with Gasteiger partial charge >= 0.3 is 11.9 Å². The standard InChI is InChI=1S/C26H34N2O7/c1-26(2,19-11-10-18(34-3)15-22(19)29)12-13-27-20(16-23(30)31)24(32)28-21(25(33)35-4)14-17-8-6-5-7-9-17/h5-11,15,20-21,27,29H,12-14,16H2,1-4H3,(H,28,32)(H,30,31)/t20-,21-/m0/s1. The van der Waals surface area contributed by atoms with Crippen molar-refractivity contribution in [2.75, 3.05) is 20.8 Å². The van der Waals surface area contributed by atoms with Gasteiger partial charge in [0.15, 0.2) is 0 Å². The van der Waals surface area contributed by atoms with Crippen molar-refractivity contribution in [3.63, 3.8) is 0 Å². The van der Waals surface area contributed by atoms with Gasteiger partial charge in [-0.2, -0.15) is 0 Å². The van der Waals surface area contributed by atoms with Crippen LogP contribution in [0.5, 0.6) is 11.5 Å². The van der Waals surface area contributed by atoms with Gasteiger partial charge < -0.3 is 30.3 Å². The van der Waals surface area contributed by atoms with Crippen molar-refractivity contribution in [2.45, 2.75) is 50.6 Å². The van der Waals surface area contributed by atoms with Crippen LogP contribution in [-0.2, 0) is 31.0 Å². The number of carbonyl (C=O) groups is 3. The maximum Gasteiger partial charge on any atom is 0.328 e. The first kappa shape index (κ1) is 27.7. The first-order valence-electron chi connectivity index (χ1n) is 11.3. The summed E-state index contributed by atoms with van der Waals surface area (Å²) >= 11 is 0. The summed E-state index contributed by atoms with van der Waals surface area (Å²) in [7, 11) is 2.75. The third-order valence-corrected chi connectivity index (χ3v) is 5.85. The molecule has 4 N–H and O–H groups in total. The van der Waals surface area contributed by atoms with Crippen molar-refractivity contribution in [1.82, 2.24) is 10.6 Å². The van der Waals surface area contributed by atoms with Gasteiger partial charge in [-0.15, -0.1) is 0 Å². The molecule has 0 heterocycles. The Morgan fingerprint density at radius 1 is 1.03 bits per heavy atom. The lowest BCUT2D eigenvalue weighted by molar-refractivity contribution is -0.145. The average molecular weight is 487 g/mol. The molecule has 2 atom stereocenters. The number of benzene rings is 2. The topological polar surface area (TPSA) is 134 Å². The zero-order valence-electron chi connectivity index (χ0n) is 20.5. The van der Waals surface area contributed by atoms with Gasteiger partial charge in [0.2, 0.25) is 5.91 Å². The molecule has 0 aromatic heterocycles. The van der Waals surface area contributed by atoms with Crippen LogP contribution in [0.3, 0.4) is 0 Å². The Labute approximate surface area is 205 Å². The van der Waals surface area contributed by atoms with E-state index >= 15 is 0 Å². The van der Waals surface area contributed by atoms with Crippen LogP contribution in [0.15, 0.2) is 48.5 Å². The Hall–Kier alpha value is -3.59. The number of hydrogen-bond donors (Lipinski definition) is 4. The monoisotopic (exact) mass is 486 g/mol. The van der Waals surface area contributed by atoms with E-state index in [1.165, 1.54) is 20.3 Å². The highest BCUT2D eigenvalue weighted by Gasteiger charge is 2.29. The van der Waals surface area contributed by atoms with Crippen molar-refractivity contribution in [2.24, 2.45) is 0 Å². The molecule has 0 saturated heterocycles. The van der Waals surface area contributed by atoms with E-state index < -0.39 is 41.8 Å². The van der Waals surface area contributed by atoms with Gasteiger partial charge in [-0.05, 0) is 35.6 Å². The molecular weight excluding hydrogens is 452 g/mol. The second-order valence-corrected chi connectivity index (χ2v) is 8.90. The van der Waals surface area contributed by atoms with Crippen LogP contribution in [0.2, 0.25) is 0 Å². The number of phenolic OH excluding ortho intramolecular Hbond substituents is 1. The number of hydrogen-bond acceptors (Lipinski definition) is 7. The molecule has 2 aromatic rings. The maximum atomic E-state index is 13.0. The molecule has 1 amide bonds. The number of ether oxygens (including phenoxy) is 2. The third-order valence-electron chi connectivity index (χ3n) is 5.85. The van der Waals surface area contributed by atoms with E-state index in [2.05, 4.69) is 10.6 Å². The van der Waals surface area contributed by atoms with Crippen LogP contribution >= 0.6 is 0 Å². The molecule has 0 aliphatic heterocycles. The lowest BCUT2D eigenvalue weighted by atomic mass is 9.81. The first-order valence-corrected chi connectivity index (χ1v) is 11.3.